The number of aliphatic hydroxyl groups excluding tert-OH is 1. The predicted octanol–water partition coefficient (Wildman–Crippen LogP) is -0.368. The van der Waals surface area contributed by atoms with E-state index in [2.05, 4.69) is 5.32 Å². The fourth-order valence-corrected chi connectivity index (χ4v) is 1.92. The zero-order valence-electron chi connectivity index (χ0n) is 10.3. The summed E-state index contributed by atoms with van der Waals surface area (Å²) in [5, 5.41) is 35.8. The van der Waals surface area contributed by atoms with Crippen molar-refractivity contribution >= 4 is 23.0 Å². The Balaban J connectivity index is 2.79. The van der Waals surface area contributed by atoms with Gasteiger partial charge in [-0.05, 0) is 6.07 Å². The van der Waals surface area contributed by atoms with Crippen molar-refractivity contribution in [2.45, 2.75) is 6.92 Å². The third-order valence-corrected chi connectivity index (χ3v) is 2.87. The van der Waals surface area contributed by atoms with Crippen LogP contribution in [0, 0.1) is 17.3 Å². The minimum absolute atomic E-state index is 0.0377. The summed E-state index contributed by atoms with van der Waals surface area (Å²) in [6, 6.07) is 4.69. The van der Waals surface area contributed by atoms with Crippen LogP contribution in [0.15, 0.2) is 18.2 Å². The number of aldehydes is 1. The summed E-state index contributed by atoms with van der Waals surface area (Å²) in [6.07, 6.45) is 0.365. The second-order valence-electron chi connectivity index (χ2n) is 4.00. The number of para-hydroxylation sites is 1. The van der Waals surface area contributed by atoms with Gasteiger partial charge in [-0.1, -0.05) is 6.07 Å². The van der Waals surface area contributed by atoms with Crippen molar-refractivity contribution in [1.82, 2.24) is 0 Å². The molecule has 0 amide bonds. The maximum absolute atomic E-state index is 12.1. The first kappa shape index (κ1) is 13.0. The molecule has 2 rings (SSSR count). The lowest BCUT2D eigenvalue weighted by Gasteiger charge is -2.11. The number of nitrogens with zero attached hydrogens (tertiary/aromatic N) is 2. The van der Waals surface area contributed by atoms with Crippen molar-refractivity contribution in [3.8, 4) is 0 Å². The molecule has 7 heteroatoms. The summed E-state index contributed by atoms with van der Waals surface area (Å²) in [4.78, 5) is 10.9. The van der Waals surface area contributed by atoms with Gasteiger partial charge in [-0.2, -0.15) is 9.46 Å². The SMILES string of the molecule is Cc1c(C=O)[n+]([O-])c2cccc(NCCO)c2[n+]1[O-]. The molecule has 0 aliphatic rings. The molecule has 2 N–H and O–H groups in total. The van der Waals surface area contributed by atoms with Crippen LogP contribution >= 0.6 is 0 Å². The van der Waals surface area contributed by atoms with E-state index in [9.17, 15) is 15.2 Å². The number of fused-ring (bicyclic) bond motifs is 1. The summed E-state index contributed by atoms with van der Waals surface area (Å²) in [5.74, 6) is 0. The van der Waals surface area contributed by atoms with Gasteiger partial charge in [0.1, 0.15) is 5.69 Å². The van der Waals surface area contributed by atoms with Gasteiger partial charge in [0, 0.05) is 19.5 Å². The number of aromatic nitrogens is 2. The van der Waals surface area contributed by atoms with Gasteiger partial charge >= 0.3 is 11.2 Å². The molecule has 7 nitrogen and oxygen atoms in total. The minimum atomic E-state index is -0.207. The zero-order valence-corrected chi connectivity index (χ0v) is 10.3. The van der Waals surface area contributed by atoms with E-state index >= 15 is 0 Å². The summed E-state index contributed by atoms with van der Waals surface area (Å²) >= 11 is 0. The van der Waals surface area contributed by atoms with Crippen LogP contribution in [0.4, 0.5) is 5.69 Å². The van der Waals surface area contributed by atoms with Crippen molar-refractivity contribution in [3.63, 3.8) is 0 Å². The fourth-order valence-electron chi connectivity index (χ4n) is 1.92. The van der Waals surface area contributed by atoms with E-state index in [-0.39, 0.29) is 35.6 Å². The van der Waals surface area contributed by atoms with Gasteiger partial charge in [0.25, 0.3) is 11.2 Å². The van der Waals surface area contributed by atoms with Crippen molar-refractivity contribution in [3.05, 3.63) is 40.0 Å². The summed E-state index contributed by atoms with van der Waals surface area (Å²) in [5.41, 5.74) is 0.518. The van der Waals surface area contributed by atoms with Gasteiger partial charge < -0.3 is 20.8 Å². The molecule has 0 aliphatic carbocycles. The lowest BCUT2D eigenvalue weighted by molar-refractivity contribution is -0.634. The summed E-state index contributed by atoms with van der Waals surface area (Å²) < 4.78 is 0.989. The first-order chi connectivity index (χ1) is 9.11. The molecule has 19 heavy (non-hydrogen) atoms. The number of carbonyl (C=O) groups is 1. The van der Waals surface area contributed by atoms with Gasteiger partial charge in [0.05, 0.1) is 6.61 Å². The average molecular weight is 263 g/mol. The van der Waals surface area contributed by atoms with Crippen LogP contribution in [0.3, 0.4) is 0 Å². The molecule has 0 unspecified atom stereocenters. The third-order valence-electron chi connectivity index (χ3n) is 2.87. The number of hydrogen-bond donors (Lipinski definition) is 2. The molecular formula is C12H13N3O4. The van der Waals surface area contributed by atoms with Gasteiger partial charge in [0.15, 0.2) is 0 Å². The molecule has 0 saturated heterocycles. The molecule has 0 radical (unpaired) electrons. The molecule has 0 fully saturated rings. The van der Waals surface area contributed by atoms with Crippen LogP contribution in [-0.2, 0) is 0 Å². The normalized spacial score (nSPS) is 10.6. The summed E-state index contributed by atoms with van der Waals surface area (Å²) in [7, 11) is 0. The molecule has 1 aromatic carbocycles. The Morgan fingerprint density at radius 1 is 1.37 bits per heavy atom. The predicted molar refractivity (Wildman–Crippen MR) is 67.6 cm³/mol. The van der Waals surface area contributed by atoms with E-state index in [0.717, 1.165) is 0 Å². The van der Waals surface area contributed by atoms with Crippen LogP contribution in [0.1, 0.15) is 16.2 Å². The van der Waals surface area contributed by atoms with Gasteiger partial charge in [-0.15, -0.1) is 0 Å². The Morgan fingerprint density at radius 3 is 2.74 bits per heavy atom. The Morgan fingerprint density at radius 2 is 2.11 bits per heavy atom. The Hall–Kier alpha value is -2.41. The molecule has 1 aromatic heterocycles. The number of hydrogen-bond acceptors (Lipinski definition) is 5. The number of anilines is 1. The number of benzene rings is 1. The number of rotatable bonds is 4. The van der Waals surface area contributed by atoms with Gasteiger partial charge in [-0.25, -0.2) is 0 Å². The summed E-state index contributed by atoms with van der Waals surface area (Å²) in [6.45, 7) is 1.57. The van der Waals surface area contributed by atoms with Gasteiger partial charge in [0.2, 0.25) is 6.29 Å². The lowest BCUT2D eigenvalue weighted by Crippen LogP contribution is -2.45. The van der Waals surface area contributed by atoms with Crippen LogP contribution < -0.4 is 14.8 Å². The van der Waals surface area contributed by atoms with E-state index in [1.807, 2.05) is 0 Å². The maximum atomic E-state index is 12.1. The molecule has 0 aliphatic heterocycles. The molecule has 1 heterocycles. The standard InChI is InChI=1S/C12H13N3O4/c1-8-11(7-17)15(19)10-4-2-3-9(13-5-6-16)12(10)14(8)18/h2-4,7,13,16H,5-6H2,1H3. The minimum Gasteiger partial charge on any atom is -0.618 e. The van der Waals surface area contributed by atoms with Crippen LogP contribution in [0.5, 0.6) is 0 Å². The Bertz CT molecular complexity index is 643. The topological polar surface area (TPSA) is 103 Å². The van der Waals surface area contributed by atoms with Crippen LogP contribution in [0.2, 0.25) is 0 Å². The smallest absolute Gasteiger partial charge is 0.325 e. The highest BCUT2D eigenvalue weighted by atomic mass is 16.5. The van der Waals surface area contributed by atoms with E-state index in [4.69, 9.17) is 5.11 Å². The Labute approximate surface area is 108 Å². The van der Waals surface area contributed by atoms with Crippen LogP contribution in [-0.4, -0.2) is 24.5 Å². The monoisotopic (exact) mass is 263 g/mol. The van der Waals surface area contributed by atoms with Crippen molar-refractivity contribution < 1.29 is 19.4 Å². The van der Waals surface area contributed by atoms with E-state index in [1.165, 1.54) is 13.0 Å². The second kappa shape index (κ2) is 5.07. The van der Waals surface area contributed by atoms with Gasteiger partial charge in [-0.3, -0.25) is 4.79 Å². The molecule has 0 atom stereocenters. The average Bonchev–Trinajstić information content (AvgIpc) is 2.43. The van der Waals surface area contributed by atoms with E-state index in [0.29, 0.717) is 21.4 Å². The van der Waals surface area contributed by atoms with E-state index < -0.39 is 0 Å². The van der Waals surface area contributed by atoms with Crippen LogP contribution in [0.25, 0.3) is 11.0 Å². The largest absolute Gasteiger partial charge is 0.618 e. The fraction of sp³-hybridized carbons (Fsp3) is 0.250. The van der Waals surface area contributed by atoms with Crippen molar-refractivity contribution in [2.24, 2.45) is 0 Å². The molecule has 0 bridgehead atoms. The maximum Gasteiger partial charge on any atom is 0.325 e. The lowest BCUT2D eigenvalue weighted by atomic mass is 10.2. The zero-order chi connectivity index (χ0) is 14.0. The molecule has 0 spiro atoms. The number of carbonyl (C=O) groups excluding carboxylic acids is 1. The second-order valence-corrected chi connectivity index (χ2v) is 4.00. The number of aliphatic hydroxyl groups is 1. The highest BCUT2D eigenvalue weighted by Gasteiger charge is 2.26. The molecule has 0 saturated carbocycles. The Kier molecular flexibility index (Phi) is 3.48. The number of nitrogens with one attached hydrogen (secondary N) is 1. The quantitative estimate of drug-likeness (QED) is 0.445. The first-order valence-corrected chi connectivity index (χ1v) is 5.70. The highest BCUT2D eigenvalue weighted by molar-refractivity contribution is 5.84. The molecule has 2 aromatic rings. The third kappa shape index (κ3) is 2.04. The van der Waals surface area contributed by atoms with E-state index in [1.54, 1.807) is 12.1 Å². The highest BCUT2D eigenvalue weighted by Crippen LogP contribution is 2.18. The molecular weight excluding hydrogens is 250 g/mol. The molecule has 100 valence electrons. The first-order valence-electron chi connectivity index (χ1n) is 5.70. The van der Waals surface area contributed by atoms with Crippen molar-refractivity contribution in [1.29, 1.82) is 0 Å². The van der Waals surface area contributed by atoms with Crippen molar-refractivity contribution in [2.75, 3.05) is 18.5 Å².